The molecule has 2 aliphatic rings. The summed E-state index contributed by atoms with van der Waals surface area (Å²) in [4.78, 5) is 19.1. The number of thiazole rings is 1. The Kier molecular flexibility index (Phi) is 5.60. The highest BCUT2D eigenvalue weighted by atomic mass is 32.2. The zero-order chi connectivity index (χ0) is 22.3. The third-order valence-corrected chi connectivity index (χ3v) is 8.77. The number of aromatic nitrogens is 1. The van der Waals surface area contributed by atoms with E-state index in [2.05, 4.69) is 4.98 Å². The number of esters is 1. The smallest absolute Gasteiger partial charge is 0.338 e. The third-order valence-electron chi connectivity index (χ3n) is 5.77. The van der Waals surface area contributed by atoms with Crippen LogP contribution in [0.15, 0.2) is 47.4 Å². The molecule has 0 aliphatic carbocycles. The summed E-state index contributed by atoms with van der Waals surface area (Å²) in [7, 11) is -3.53. The molecule has 0 atom stereocenters. The van der Waals surface area contributed by atoms with E-state index in [0.29, 0.717) is 31.7 Å². The molecule has 2 saturated heterocycles. The first kappa shape index (κ1) is 21.3. The van der Waals surface area contributed by atoms with E-state index in [1.807, 2.05) is 4.90 Å². The van der Waals surface area contributed by atoms with Gasteiger partial charge in [-0.2, -0.15) is 4.31 Å². The molecule has 0 unspecified atom stereocenters. The quantitative estimate of drug-likeness (QED) is 0.524. The van der Waals surface area contributed by atoms with E-state index >= 15 is 0 Å². The maximum atomic E-state index is 13.4. The molecular weight excluding hydrogens is 453 g/mol. The Hall–Kier alpha value is -2.56. The number of carbonyl (C=O) groups excluding carboxylic acids is 1. The van der Waals surface area contributed by atoms with Crippen LogP contribution in [0.3, 0.4) is 0 Å². The Morgan fingerprint density at radius 1 is 1.06 bits per heavy atom. The number of nitrogens with zero attached hydrogens (tertiary/aromatic N) is 3. The molecule has 5 rings (SSSR count). The number of rotatable bonds is 5. The van der Waals surface area contributed by atoms with Crippen LogP contribution in [-0.4, -0.2) is 56.0 Å². The summed E-state index contributed by atoms with van der Waals surface area (Å²) in [5.74, 6) is -0.777. The maximum absolute atomic E-state index is 13.4. The van der Waals surface area contributed by atoms with Crippen molar-refractivity contribution >= 4 is 42.7 Å². The predicted octanol–water partition coefficient (Wildman–Crippen LogP) is 3.66. The lowest BCUT2D eigenvalue weighted by molar-refractivity contribution is 0.0234. The summed E-state index contributed by atoms with van der Waals surface area (Å²) in [6, 6.07) is 10.4. The van der Waals surface area contributed by atoms with Crippen LogP contribution in [0, 0.1) is 5.82 Å². The van der Waals surface area contributed by atoms with E-state index in [0.717, 1.165) is 34.6 Å². The predicted molar refractivity (Wildman–Crippen MR) is 120 cm³/mol. The number of hydrogen-bond acceptors (Lipinski definition) is 7. The number of benzene rings is 2. The van der Waals surface area contributed by atoms with Crippen molar-refractivity contribution in [2.45, 2.75) is 30.3 Å². The largest absolute Gasteiger partial charge is 0.455 e. The fourth-order valence-electron chi connectivity index (χ4n) is 3.93. The minimum Gasteiger partial charge on any atom is -0.455 e. The summed E-state index contributed by atoms with van der Waals surface area (Å²) in [5, 5.41) is 0.769. The summed E-state index contributed by atoms with van der Waals surface area (Å²) in [6.45, 7) is 2.09. The van der Waals surface area contributed by atoms with Crippen molar-refractivity contribution in [1.82, 2.24) is 9.29 Å². The molecule has 7 nitrogen and oxygen atoms in total. The molecule has 1 aromatic heterocycles. The van der Waals surface area contributed by atoms with Gasteiger partial charge in [0.05, 0.1) is 33.8 Å². The molecule has 0 saturated carbocycles. The lowest BCUT2D eigenvalue weighted by Crippen LogP contribution is -2.53. The molecule has 2 fully saturated rings. The minimum absolute atomic E-state index is 0.193. The van der Waals surface area contributed by atoms with Crippen LogP contribution in [0.5, 0.6) is 0 Å². The third kappa shape index (κ3) is 4.10. The summed E-state index contributed by atoms with van der Waals surface area (Å²) in [5.41, 5.74) is 1.06. The number of ether oxygens (including phenoxy) is 1. The van der Waals surface area contributed by atoms with Gasteiger partial charge < -0.3 is 9.64 Å². The second kappa shape index (κ2) is 8.42. The molecule has 3 heterocycles. The molecule has 2 aliphatic heterocycles. The van der Waals surface area contributed by atoms with Gasteiger partial charge in [-0.05, 0) is 55.3 Å². The van der Waals surface area contributed by atoms with Crippen molar-refractivity contribution in [3.63, 3.8) is 0 Å². The Balaban J connectivity index is 1.18. The topological polar surface area (TPSA) is 79.8 Å². The normalized spacial score (nSPS) is 18.0. The zero-order valence-electron chi connectivity index (χ0n) is 17.2. The van der Waals surface area contributed by atoms with Gasteiger partial charge in [-0.25, -0.2) is 22.6 Å². The second-order valence-electron chi connectivity index (χ2n) is 8.03. The van der Waals surface area contributed by atoms with Gasteiger partial charge in [0.15, 0.2) is 5.13 Å². The molecule has 0 bridgehead atoms. The van der Waals surface area contributed by atoms with E-state index in [1.54, 1.807) is 6.07 Å². The average molecular weight is 476 g/mol. The fourth-order valence-corrected chi connectivity index (χ4v) is 6.45. The average Bonchev–Trinajstić information content (AvgIpc) is 3.19. The van der Waals surface area contributed by atoms with Crippen LogP contribution in [0.2, 0.25) is 0 Å². The molecule has 32 heavy (non-hydrogen) atoms. The monoisotopic (exact) mass is 475 g/mol. The van der Waals surface area contributed by atoms with Crippen LogP contribution in [0.1, 0.15) is 29.6 Å². The fraction of sp³-hybridized carbons (Fsp3) is 0.364. The van der Waals surface area contributed by atoms with E-state index in [9.17, 15) is 17.6 Å². The zero-order valence-corrected chi connectivity index (χ0v) is 18.9. The molecule has 10 heteroatoms. The number of anilines is 1. The van der Waals surface area contributed by atoms with Gasteiger partial charge in [0.25, 0.3) is 0 Å². The standard InChI is InChI=1S/C22H22FN3O4S2/c23-16-6-9-19-20(12-16)31-22(24-19)25-13-17(14-25)30-21(27)15-4-7-18(8-5-15)32(28,29)26-10-2-1-3-11-26/h4-9,12,17H,1-3,10-11,13-14H2. The van der Waals surface area contributed by atoms with Gasteiger partial charge in [-0.3, -0.25) is 0 Å². The first-order valence-corrected chi connectivity index (χ1v) is 12.8. The minimum atomic E-state index is -3.53. The van der Waals surface area contributed by atoms with Crippen molar-refractivity contribution in [1.29, 1.82) is 0 Å². The van der Waals surface area contributed by atoms with E-state index < -0.39 is 16.0 Å². The lowest BCUT2D eigenvalue weighted by atomic mass is 10.2. The van der Waals surface area contributed by atoms with Crippen LogP contribution in [0.25, 0.3) is 10.2 Å². The van der Waals surface area contributed by atoms with Gasteiger partial charge in [0.1, 0.15) is 11.9 Å². The first-order valence-electron chi connectivity index (χ1n) is 10.5. The molecule has 168 valence electrons. The molecule has 2 aromatic carbocycles. The summed E-state index contributed by atoms with van der Waals surface area (Å²) in [6.07, 6.45) is 2.52. The van der Waals surface area contributed by atoms with E-state index in [1.165, 1.54) is 52.0 Å². The highest BCUT2D eigenvalue weighted by Gasteiger charge is 2.33. The van der Waals surface area contributed by atoms with Crippen molar-refractivity contribution in [2.24, 2.45) is 0 Å². The van der Waals surface area contributed by atoms with Gasteiger partial charge in [0.2, 0.25) is 10.0 Å². The van der Waals surface area contributed by atoms with E-state index in [4.69, 9.17) is 4.74 Å². The molecule has 0 radical (unpaired) electrons. The van der Waals surface area contributed by atoms with Crippen LogP contribution < -0.4 is 4.90 Å². The Bertz CT molecular complexity index is 1250. The maximum Gasteiger partial charge on any atom is 0.338 e. The number of fused-ring (bicyclic) bond motifs is 1. The SMILES string of the molecule is O=C(OC1CN(c2nc3ccc(F)cc3s2)C1)c1ccc(S(=O)(=O)N2CCCCC2)cc1. The lowest BCUT2D eigenvalue weighted by Gasteiger charge is -2.38. The number of piperidine rings is 1. The van der Waals surface area contributed by atoms with Crippen molar-refractivity contribution in [3.8, 4) is 0 Å². The Morgan fingerprint density at radius 2 is 1.78 bits per heavy atom. The number of hydrogen-bond donors (Lipinski definition) is 0. The number of halogens is 1. The molecule has 0 spiro atoms. The number of sulfonamides is 1. The number of carbonyl (C=O) groups is 1. The molecule has 0 N–H and O–H groups in total. The van der Waals surface area contributed by atoms with Gasteiger partial charge in [0, 0.05) is 13.1 Å². The highest BCUT2D eigenvalue weighted by Crippen LogP contribution is 2.32. The second-order valence-corrected chi connectivity index (χ2v) is 11.0. The Labute approximate surface area is 189 Å². The highest BCUT2D eigenvalue weighted by molar-refractivity contribution is 7.89. The van der Waals surface area contributed by atoms with Crippen LogP contribution in [-0.2, 0) is 14.8 Å². The van der Waals surface area contributed by atoms with Crippen molar-refractivity contribution in [3.05, 3.63) is 53.8 Å². The first-order chi connectivity index (χ1) is 15.4. The van der Waals surface area contributed by atoms with Crippen LogP contribution >= 0.6 is 11.3 Å². The van der Waals surface area contributed by atoms with Gasteiger partial charge in [-0.15, -0.1) is 0 Å². The summed E-state index contributed by atoms with van der Waals surface area (Å²) >= 11 is 1.40. The summed E-state index contributed by atoms with van der Waals surface area (Å²) < 4.78 is 46.7. The molecule has 0 amide bonds. The van der Waals surface area contributed by atoms with Crippen molar-refractivity contribution in [2.75, 3.05) is 31.1 Å². The van der Waals surface area contributed by atoms with Crippen molar-refractivity contribution < 1.29 is 22.3 Å². The van der Waals surface area contributed by atoms with Gasteiger partial charge in [-0.1, -0.05) is 17.8 Å². The van der Waals surface area contributed by atoms with E-state index in [-0.39, 0.29) is 16.8 Å². The molecule has 3 aromatic rings. The van der Waals surface area contributed by atoms with Gasteiger partial charge >= 0.3 is 5.97 Å². The Morgan fingerprint density at radius 3 is 2.50 bits per heavy atom. The molecular formula is C22H22FN3O4S2. The van der Waals surface area contributed by atoms with Crippen LogP contribution in [0.4, 0.5) is 9.52 Å².